The molecule has 19 heavy (non-hydrogen) atoms. The molecule has 2 rings (SSSR count). The number of nitrogen functional groups attached to an aromatic ring is 1. The van der Waals surface area contributed by atoms with Crippen molar-refractivity contribution in [2.75, 3.05) is 24.2 Å². The lowest BCUT2D eigenvalue weighted by Crippen LogP contribution is -2.21. The first-order chi connectivity index (χ1) is 9.06. The van der Waals surface area contributed by atoms with Crippen molar-refractivity contribution in [3.8, 4) is 0 Å². The standard InChI is InChI=1S/C16H19FN2/c1-12-6-7-16(15(18)10-12)19(2)9-8-13-4-3-5-14(17)11-13/h3-7,10-11H,8-9,18H2,1-2H3. The number of hydrogen-bond acceptors (Lipinski definition) is 2. The lowest BCUT2D eigenvalue weighted by Gasteiger charge is -2.21. The second-order valence-electron chi connectivity index (χ2n) is 4.86. The van der Waals surface area contributed by atoms with Crippen molar-refractivity contribution in [3.05, 3.63) is 59.4 Å². The highest BCUT2D eigenvalue weighted by Crippen LogP contribution is 2.23. The minimum absolute atomic E-state index is 0.185. The molecule has 3 heteroatoms. The van der Waals surface area contributed by atoms with Gasteiger partial charge in [-0.2, -0.15) is 0 Å². The zero-order valence-electron chi connectivity index (χ0n) is 11.4. The first-order valence-corrected chi connectivity index (χ1v) is 6.38. The van der Waals surface area contributed by atoms with Gasteiger partial charge in [-0.15, -0.1) is 0 Å². The molecule has 0 fully saturated rings. The first kappa shape index (κ1) is 13.4. The van der Waals surface area contributed by atoms with Gasteiger partial charge in [0.1, 0.15) is 5.82 Å². The molecule has 0 aliphatic carbocycles. The highest BCUT2D eigenvalue weighted by molar-refractivity contribution is 5.68. The van der Waals surface area contributed by atoms with Crippen LogP contribution in [0.25, 0.3) is 0 Å². The minimum atomic E-state index is -0.185. The highest BCUT2D eigenvalue weighted by atomic mass is 19.1. The summed E-state index contributed by atoms with van der Waals surface area (Å²) in [4.78, 5) is 2.10. The Morgan fingerprint density at radius 3 is 2.63 bits per heavy atom. The molecule has 0 spiro atoms. The van der Waals surface area contributed by atoms with Gasteiger partial charge in [0.2, 0.25) is 0 Å². The van der Waals surface area contributed by atoms with Gasteiger partial charge < -0.3 is 10.6 Å². The SMILES string of the molecule is Cc1ccc(N(C)CCc2cccc(F)c2)c(N)c1. The van der Waals surface area contributed by atoms with Crippen molar-refractivity contribution in [1.82, 2.24) is 0 Å². The van der Waals surface area contributed by atoms with Gasteiger partial charge in [-0.1, -0.05) is 18.2 Å². The van der Waals surface area contributed by atoms with Gasteiger partial charge in [0.15, 0.2) is 0 Å². The number of halogens is 1. The number of nitrogens with two attached hydrogens (primary N) is 1. The van der Waals surface area contributed by atoms with Gasteiger partial charge in [-0.25, -0.2) is 4.39 Å². The van der Waals surface area contributed by atoms with E-state index in [0.717, 1.165) is 35.5 Å². The van der Waals surface area contributed by atoms with E-state index in [1.165, 1.54) is 6.07 Å². The molecule has 0 saturated carbocycles. The van der Waals surface area contributed by atoms with Crippen LogP contribution in [0.2, 0.25) is 0 Å². The van der Waals surface area contributed by atoms with Crippen LogP contribution in [-0.4, -0.2) is 13.6 Å². The predicted molar refractivity (Wildman–Crippen MR) is 79.0 cm³/mol. The molecule has 2 aromatic rings. The van der Waals surface area contributed by atoms with E-state index in [0.29, 0.717) is 0 Å². The Morgan fingerprint density at radius 1 is 1.16 bits per heavy atom. The maximum absolute atomic E-state index is 13.1. The topological polar surface area (TPSA) is 29.3 Å². The summed E-state index contributed by atoms with van der Waals surface area (Å²) >= 11 is 0. The molecule has 0 atom stereocenters. The molecular formula is C16H19FN2. The number of nitrogens with zero attached hydrogens (tertiary/aromatic N) is 1. The average Bonchev–Trinajstić information content (AvgIpc) is 2.36. The molecular weight excluding hydrogens is 239 g/mol. The van der Waals surface area contributed by atoms with Gasteiger partial charge in [-0.3, -0.25) is 0 Å². The van der Waals surface area contributed by atoms with Crippen LogP contribution >= 0.6 is 0 Å². The summed E-state index contributed by atoms with van der Waals surface area (Å²) in [5.74, 6) is -0.185. The first-order valence-electron chi connectivity index (χ1n) is 6.38. The average molecular weight is 258 g/mol. The molecule has 0 heterocycles. The Labute approximate surface area is 113 Å². The quantitative estimate of drug-likeness (QED) is 0.852. The van der Waals surface area contributed by atoms with E-state index in [1.807, 2.05) is 38.2 Å². The molecule has 0 amide bonds. The maximum Gasteiger partial charge on any atom is 0.123 e. The van der Waals surface area contributed by atoms with Crippen LogP contribution in [0.5, 0.6) is 0 Å². The van der Waals surface area contributed by atoms with Crippen LogP contribution in [0.15, 0.2) is 42.5 Å². The summed E-state index contributed by atoms with van der Waals surface area (Å²) in [6.45, 7) is 2.82. The molecule has 100 valence electrons. The van der Waals surface area contributed by atoms with Crippen molar-refractivity contribution in [3.63, 3.8) is 0 Å². The monoisotopic (exact) mass is 258 g/mol. The van der Waals surface area contributed by atoms with Crippen LogP contribution in [0, 0.1) is 12.7 Å². The zero-order valence-corrected chi connectivity index (χ0v) is 11.4. The fourth-order valence-corrected chi connectivity index (χ4v) is 2.13. The van der Waals surface area contributed by atoms with Gasteiger partial charge in [0, 0.05) is 13.6 Å². The van der Waals surface area contributed by atoms with Crippen LogP contribution in [0.3, 0.4) is 0 Å². The smallest absolute Gasteiger partial charge is 0.123 e. The third kappa shape index (κ3) is 3.47. The van der Waals surface area contributed by atoms with E-state index >= 15 is 0 Å². The Balaban J connectivity index is 2.03. The summed E-state index contributed by atoms with van der Waals surface area (Å²) < 4.78 is 13.1. The number of hydrogen-bond donors (Lipinski definition) is 1. The van der Waals surface area contributed by atoms with E-state index in [4.69, 9.17) is 5.73 Å². The molecule has 0 aromatic heterocycles. The van der Waals surface area contributed by atoms with Crippen molar-refractivity contribution in [1.29, 1.82) is 0 Å². The third-order valence-electron chi connectivity index (χ3n) is 3.22. The van der Waals surface area contributed by atoms with Gasteiger partial charge in [0.25, 0.3) is 0 Å². The fourth-order valence-electron chi connectivity index (χ4n) is 2.13. The Kier molecular flexibility index (Phi) is 4.05. The summed E-state index contributed by atoms with van der Waals surface area (Å²) in [6, 6.07) is 12.8. The fraction of sp³-hybridized carbons (Fsp3) is 0.250. The second kappa shape index (κ2) is 5.74. The van der Waals surface area contributed by atoms with Crippen LogP contribution in [0.1, 0.15) is 11.1 Å². The Hall–Kier alpha value is -2.03. The van der Waals surface area contributed by atoms with E-state index < -0.39 is 0 Å². The molecule has 0 saturated heterocycles. The van der Waals surface area contributed by atoms with Crippen molar-refractivity contribution >= 4 is 11.4 Å². The lowest BCUT2D eigenvalue weighted by molar-refractivity contribution is 0.625. The molecule has 0 unspecified atom stereocenters. The molecule has 0 aliphatic heterocycles. The number of rotatable bonds is 4. The highest BCUT2D eigenvalue weighted by Gasteiger charge is 2.05. The Bertz CT molecular complexity index is 566. The predicted octanol–water partition coefficient (Wildman–Crippen LogP) is 3.40. The van der Waals surface area contributed by atoms with Gasteiger partial charge >= 0.3 is 0 Å². The summed E-state index contributed by atoms with van der Waals surface area (Å²) in [7, 11) is 2.00. The largest absolute Gasteiger partial charge is 0.397 e. The lowest BCUT2D eigenvalue weighted by atomic mass is 10.1. The third-order valence-corrected chi connectivity index (χ3v) is 3.22. The molecule has 2 nitrogen and oxygen atoms in total. The normalized spacial score (nSPS) is 10.5. The van der Waals surface area contributed by atoms with E-state index in [2.05, 4.69) is 4.90 Å². The number of benzene rings is 2. The van der Waals surface area contributed by atoms with Crippen molar-refractivity contribution in [2.24, 2.45) is 0 Å². The molecule has 2 aromatic carbocycles. The van der Waals surface area contributed by atoms with Crippen LogP contribution in [-0.2, 0) is 6.42 Å². The summed E-state index contributed by atoms with van der Waals surface area (Å²) in [5, 5.41) is 0. The van der Waals surface area contributed by atoms with Crippen LogP contribution < -0.4 is 10.6 Å². The second-order valence-corrected chi connectivity index (χ2v) is 4.86. The number of aryl methyl sites for hydroxylation is 1. The molecule has 0 bridgehead atoms. The van der Waals surface area contributed by atoms with E-state index in [9.17, 15) is 4.39 Å². The van der Waals surface area contributed by atoms with E-state index in [-0.39, 0.29) is 5.82 Å². The maximum atomic E-state index is 13.1. The number of likely N-dealkylation sites (N-methyl/N-ethyl adjacent to an activating group) is 1. The summed E-state index contributed by atoms with van der Waals surface area (Å²) in [6.07, 6.45) is 0.793. The minimum Gasteiger partial charge on any atom is -0.397 e. The number of anilines is 2. The van der Waals surface area contributed by atoms with Crippen molar-refractivity contribution in [2.45, 2.75) is 13.3 Å². The van der Waals surface area contributed by atoms with Gasteiger partial charge in [0.05, 0.1) is 11.4 Å². The van der Waals surface area contributed by atoms with Crippen LogP contribution in [0.4, 0.5) is 15.8 Å². The van der Waals surface area contributed by atoms with Gasteiger partial charge in [-0.05, 0) is 48.7 Å². The Morgan fingerprint density at radius 2 is 1.95 bits per heavy atom. The molecule has 0 aliphatic rings. The zero-order chi connectivity index (χ0) is 13.8. The van der Waals surface area contributed by atoms with Crippen molar-refractivity contribution < 1.29 is 4.39 Å². The molecule has 0 radical (unpaired) electrons. The summed E-state index contributed by atoms with van der Waals surface area (Å²) in [5.41, 5.74) is 9.96. The molecule has 2 N–H and O–H groups in total. The van der Waals surface area contributed by atoms with E-state index in [1.54, 1.807) is 12.1 Å².